The van der Waals surface area contributed by atoms with E-state index in [1.807, 2.05) is 0 Å². The quantitative estimate of drug-likeness (QED) is 0.756. The molecular weight excluding hydrogens is 227 g/mol. The topological polar surface area (TPSA) is 52.0 Å². The summed E-state index contributed by atoms with van der Waals surface area (Å²) in [4.78, 5) is 0. The minimum atomic E-state index is -0.379. The lowest BCUT2D eigenvalue weighted by Crippen LogP contribution is -1.81. The summed E-state index contributed by atoms with van der Waals surface area (Å²) in [5, 5.41) is 4.17. The molecule has 0 bridgehead atoms. The molecule has 0 spiro atoms. The number of fused-ring (bicyclic) bond motifs is 1. The predicted molar refractivity (Wildman–Crippen MR) is 46.1 cm³/mol. The molecule has 0 amide bonds. The highest BCUT2D eigenvalue weighted by atomic mass is 79.9. The Kier molecular flexibility index (Phi) is 1.54. The first-order chi connectivity index (χ1) is 5.68. The number of nitrogens with two attached hydrogens (primary N) is 1. The Morgan fingerprint density at radius 3 is 3.00 bits per heavy atom. The van der Waals surface area contributed by atoms with Crippen LogP contribution in [0, 0.1) is 5.82 Å². The maximum atomic E-state index is 12.9. The molecule has 12 heavy (non-hydrogen) atoms. The van der Waals surface area contributed by atoms with E-state index in [9.17, 15) is 4.39 Å². The molecule has 62 valence electrons. The maximum Gasteiger partial charge on any atom is 0.230 e. The Labute approximate surface area is 75.5 Å². The zero-order valence-corrected chi connectivity index (χ0v) is 7.43. The lowest BCUT2D eigenvalue weighted by Gasteiger charge is -1.92. The Hall–Kier alpha value is -1.10. The van der Waals surface area contributed by atoms with Crippen LogP contribution in [0.4, 0.5) is 10.3 Å². The standard InChI is InChI=1S/C7H4BrFN2O/c8-4-1-3-6(2-5(4)9)11-12-7(3)10/h1-2H,10H2. The van der Waals surface area contributed by atoms with E-state index in [4.69, 9.17) is 5.73 Å². The van der Waals surface area contributed by atoms with Crippen LogP contribution in [0.3, 0.4) is 0 Å². The van der Waals surface area contributed by atoms with Gasteiger partial charge in [0.15, 0.2) is 0 Å². The zero-order chi connectivity index (χ0) is 8.72. The average Bonchev–Trinajstić information content (AvgIpc) is 2.35. The van der Waals surface area contributed by atoms with E-state index in [1.54, 1.807) is 0 Å². The Morgan fingerprint density at radius 2 is 2.25 bits per heavy atom. The third kappa shape index (κ3) is 0.972. The number of halogens is 2. The number of benzene rings is 1. The summed E-state index contributed by atoms with van der Waals surface area (Å²) in [6.07, 6.45) is 0. The van der Waals surface area contributed by atoms with E-state index in [2.05, 4.69) is 25.6 Å². The van der Waals surface area contributed by atoms with E-state index in [-0.39, 0.29) is 11.7 Å². The van der Waals surface area contributed by atoms with Crippen molar-refractivity contribution in [2.45, 2.75) is 0 Å². The van der Waals surface area contributed by atoms with E-state index in [0.717, 1.165) is 0 Å². The molecule has 0 atom stereocenters. The molecule has 0 aliphatic heterocycles. The van der Waals surface area contributed by atoms with Crippen LogP contribution in [-0.2, 0) is 0 Å². The van der Waals surface area contributed by atoms with E-state index < -0.39 is 0 Å². The molecule has 0 saturated heterocycles. The summed E-state index contributed by atoms with van der Waals surface area (Å²) in [6.45, 7) is 0. The highest BCUT2D eigenvalue weighted by Crippen LogP contribution is 2.26. The maximum absolute atomic E-state index is 12.9. The van der Waals surface area contributed by atoms with Crippen LogP contribution in [0.15, 0.2) is 21.1 Å². The fourth-order valence-corrected chi connectivity index (χ4v) is 1.30. The van der Waals surface area contributed by atoms with Gasteiger partial charge in [0.2, 0.25) is 5.88 Å². The van der Waals surface area contributed by atoms with Gasteiger partial charge in [-0.15, -0.1) is 0 Å². The highest BCUT2D eigenvalue weighted by molar-refractivity contribution is 9.10. The van der Waals surface area contributed by atoms with Crippen molar-refractivity contribution in [2.24, 2.45) is 0 Å². The summed E-state index contributed by atoms with van der Waals surface area (Å²) < 4.78 is 17.9. The molecule has 0 radical (unpaired) electrons. The first-order valence-corrected chi connectivity index (χ1v) is 3.97. The van der Waals surface area contributed by atoms with Crippen molar-refractivity contribution >= 4 is 32.7 Å². The molecule has 0 fully saturated rings. The van der Waals surface area contributed by atoms with Crippen LogP contribution >= 0.6 is 15.9 Å². The van der Waals surface area contributed by atoms with Gasteiger partial charge in [-0.05, 0) is 22.0 Å². The van der Waals surface area contributed by atoms with Crippen molar-refractivity contribution in [3.8, 4) is 0 Å². The second-order valence-electron chi connectivity index (χ2n) is 2.33. The molecule has 0 saturated carbocycles. The predicted octanol–water partition coefficient (Wildman–Crippen LogP) is 2.31. The molecule has 0 aliphatic rings. The third-order valence-corrected chi connectivity index (χ3v) is 2.15. The lowest BCUT2D eigenvalue weighted by molar-refractivity contribution is 0.445. The van der Waals surface area contributed by atoms with Gasteiger partial charge in [0.05, 0.1) is 9.86 Å². The van der Waals surface area contributed by atoms with Gasteiger partial charge in [-0.25, -0.2) is 4.39 Å². The van der Waals surface area contributed by atoms with Gasteiger partial charge in [-0.2, -0.15) is 0 Å². The Morgan fingerprint density at radius 1 is 1.50 bits per heavy atom. The fraction of sp³-hybridized carbons (Fsp3) is 0. The smallest absolute Gasteiger partial charge is 0.230 e. The Balaban J connectivity index is 2.87. The minimum absolute atomic E-state index is 0.200. The van der Waals surface area contributed by atoms with Gasteiger partial charge < -0.3 is 10.3 Å². The summed E-state index contributed by atoms with van der Waals surface area (Å²) in [5.74, 6) is -0.179. The average molecular weight is 231 g/mol. The second-order valence-corrected chi connectivity index (χ2v) is 3.18. The molecule has 0 unspecified atom stereocenters. The number of anilines is 1. The van der Waals surface area contributed by atoms with Gasteiger partial charge in [-0.1, -0.05) is 5.16 Å². The molecule has 3 nitrogen and oxygen atoms in total. The second kappa shape index (κ2) is 2.45. The molecule has 1 aromatic carbocycles. The van der Waals surface area contributed by atoms with Gasteiger partial charge in [0, 0.05) is 6.07 Å². The zero-order valence-electron chi connectivity index (χ0n) is 5.84. The number of nitrogens with zero attached hydrogens (tertiary/aromatic N) is 1. The van der Waals surface area contributed by atoms with Gasteiger partial charge in [0.1, 0.15) is 11.3 Å². The first-order valence-electron chi connectivity index (χ1n) is 3.18. The Bertz CT molecular complexity index is 440. The summed E-state index contributed by atoms with van der Waals surface area (Å²) in [6, 6.07) is 2.80. The van der Waals surface area contributed by atoms with Crippen molar-refractivity contribution in [2.75, 3.05) is 5.73 Å². The summed E-state index contributed by atoms with van der Waals surface area (Å²) in [5.41, 5.74) is 5.85. The van der Waals surface area contributed by atoms with Crippen LogP contribution in [0.25, 0.3) is 10.9 Å². The SMILES string of the molecule is Nc1onc2cc(F)c(Br)cc12. The number of nitrogen functional groups attached to an aromatic ring is 1. The van der Waals surface area contributed by atoms with Crippen molar-refractivity contribution in [3.63, 3.8) is 0 Å². The molecule has 2 N–H and O–H groups in total. The largest absolute Gasteiger partial charge is 0.367 e. The fourth-order valence-electron chi connectivity index (χ4n) is 0.957. The monoisotopic (exact) mass is 230 g/mol. The highest BCUT2D eigenvalue weighted by Gasteiger charge is 2.08. The molecular formula is C7H4BrFN2O. The molecule has 5 heteroatoms. The van der Waals surface area contributed by atoms with E-state index >= 15 is 0 Å². The number of aromatic nitrogens is 1. The van der Waals surface area contributed by atoms with Crippen molar-refractivity contribution in [1.29, 1.82) is 0 Å². The normalized spacial score (nSPS) is 10.8. The van der Waals surface area contributed by atoms with Gasteiger partial charge in [0.25, 0.3) is 0 Å². The van der Waals surface area contributed by atoms with Crippen molar-refractivity contribution in [1.82, 2.24) is 5.16 Å². The third-order valence-electron chi connectivity index (χ3n) is 1.55. The van der Waals surface area contributed by atoms with E-state index in [1.165, 1.54) is 12.1 Å². The minimum Gasteiger partial charge on any atom is -0.367 e. The number of rotatable bonds is 0. The van der Waals surface area contributed by atoms with Gasteiger partial charge in [-0.3, -0.25) is 0 Å². The molecule has 1 aromatic heterocycles. The van der Waals surface area contributed by atoms with Crippen LogP contribution in [0.5, 0.6) is 0 Å². The van der Waals surface area contributed by atoms with E-state index in [0.29, 0.717) is 15.4 Å². The van der Waals surface area contributed by atoms with Crippen LogP contribution in [0.2, 0.25) is 0 Å². The van der Waals surface area contributed by atoms with Crippen LogP contribution in [0.1, 0.15) is 0 Å². The number of hydrogen-bond donors (Lipinski definition) is 1. The van der Waals surface area contributed by atoms with Crippen molar-refractivity contribution < 1.29 is 8.91 Å². The van der Waals surface area contributed by atoms with Crippen LogP contribution < -0.4 is 5.73 Å². The van der Waals surface area contributed by atoms with Gasteiger partial charge >= 0.3 is 0 Å². The first kappa shape index (κ1) is 7.54. The van der Waals surface area contributed by atoms with Crippen LogP contribution in [-0.4, -0.2) is 5.16 Å². The molecule has 0 aliphatic carbocycles. The molecule has 2 aromatic rings. The van der Waals surface area contributed by atoms with Crippen molar-refractivity contribution in [3.05, 3.63) is 22.4 Å². The molecule has 2 rings (SSSR count). The summed E-state index contributed by atoms with van der Waals surface area (Å²) >= 11 is 3.04. The number of hydrogen-bond acceptors (Lipinski definition) is 3. The molecule has 1 heterocycles. The lowest BCUT2D eigenvalue weighted by atomic mass is 10.2. The summed E-state index contributed by atoms with van der Waals surface area (Å²) in [7, 11) is 0.